The second-order valence-electron chi connectivity index (χ2n) is 6.30. The van der Waals surface area contributed by atoms with Gasteiger partial charge in [-0.15, -0.1) is 0 Å². The zero-order valence-corrected chi connectivity index (χ0v) is 14.1. The van der Waals surface area contributed by atoms with E-state index in [4.69, 9.17) is 0 Å². The van der Waals surface area contributed by atoms with Crippen LogP contribution in [0.5, 0.6) is 0 Å². The lowest BCUT2D eigenvalue weighted by Crippen LogP contribution is -2.36. The van der Waals surface area contributed by atoms with Gasteiger partial charge in [0.05, 0.1) is 0 Å². The van der Waals surface area contributed by atoms with Crippen molar-refractivity contribution in [3.8, 4) is 0 Å². The number of hydrogen-bond acceptors (Lipinski definition) is 2. The summed E-state index contributed by atoms with van der Waals surface area (Å²) < 4.78 is 0. The molecule has 0 spiro atoms. The molecule has 1 rings (SSSR count). The maximum atomic E-state index is 2.53. The summed E-state index contributed by atoms with van der Waals surface area (Å²) in [7, 11) is 2.20. The Balaban J connectivity index is 1.97. The summed E-state index contributed by atoms with van der Waals surface area (Å²) in [5, 5.41) is 0. The van der Waals surface area contributed by atoms with Crippen LogP contribution in [0.4, 0.5) is 0 Å². The number of unbranched alkanes of at least 4 members (excludes halogenated alkanes) is 8. The van der Waals surface area contributed by atoms with Gasteiger partial charge in [-0.2, -0.15) is 0 Å². The van der Waals surface area contributed by atoms with Gasteiger partial charge in [0.1, 0.15) is 6.17 Å². The molecule has 2 nitrogen and oxygen atoms in total. The van der Waals surface area contributed by atoms with Crippen LogP contribution in [-0.2, 0) is 0 Å². The van der Waals surface area contributed by atoms with Crippen molar-refractivity contribution in [2.45, 2.75) is 90.6 Å². The van der Waals surface area contributed by atoms with Crippen LogP contribution in [0.3, 0.4) is 0 Å². The largest absolute Gasteiger partial charge is 0.359 e. The van der Waals surface area contributed by atoms with E-state index in [0.717, 1.165) is 0 Å². The Bertz CT molecular complexity index is 250. The van der Waals surface area contributed by atoms with Crippen molar-refractivity contribution < 1.29 is 0 Å². The van der Waals surface area contributed by atoms with Gasteiger partial charge >= 0.3 is 0 Å². The highest BCUT2D eigenvalue weighted by Crippen LogP contribution is 2.19. The third-order valence-electron chi connectivity index (χ3n) is 4.41. The Morgan fingerprint density at radius 1 is 0.750 bits per heavy atom. The molecular formula is C18H36N2. The molecule has 20 heavy (non-hydrogen) atoms. The molecule has 0 fully saturated rings. The van der Waals surface area contributed by atoms with E-state index < -0.39 is 0 Å². The van der Waals surface area contributed by atoms with E-state index in [-0.39, 0.29) is 0 Å². The van der Waals surface area contributed by atoms with Crippen molar-refractivity contribution in [1.29, 1.82) is 0 Å². The Hall–Kier alpha value is -0.660. The Morgan fingerprint density at radius 2 is 1.35 bits per heavy atom. The predicted molar refractivity (Wildman–Crippen MR) is 89.5 cm³/mol. The topological polar surface area (TPSA) is 6.48 Å². The molecular weight excluding hydrogens is 244 g/mol. The molecule has 1 aliphatic rings. The molecule has 1 atom stereocenters. The molecule has 0 bridgehead atoms. The molecule has 0 aromatic carbocycles. The van der Waals surface area contributed by atoms with Crippen LogP contribution >= 0.6 is 0 Å². The molecule has 0 aliphatic carbocycles. The summed E-state index contributed by atoms with van der Waals surface area (Å²) in [5.41, 5.74) is 0. The van der Waals surface area contributed by atoms with Crippen molar-refractivity contribution in [1.82, 2.24) is 9.80 Å². The van der Waals surface area contributed by atoms with Crippen LogP contribution < -0.4 is 0 Å². The minimum Gasteiger partial charge on any atom is -0.359 e. The number of rotatable bonds is 12. The first-order valence-electron chi connectivity index (χ1n) is 8.95. The van der Waals surface area contributed by atoms with E-state index in [2.05, 4.69) is 43.1 Å². The first-order valence-corrected chi connectivity index (χ1v) is 8.95. The fourth-order valence-corrected chi connectivity index (χ4v) is 3.08. The lowest BCUT2D eigenvalue weighted by Gasteiger charge is -2.30. The van der Waals surface area contributed by atoms with E-state index in [1.165, 1.54) is 77.2 Å². The van der Waals surface area contributed by atoms with Crippen molar-refractivity contribution in [3.63, 3.8) is 0 Å². The quantitative estimate of drug-likeness (QED) is 0.444. The minimum absolute atomic E-state index is 0.619. The highest BCUT2D eigenvalue weighted by Gasteiger charge is 2.21. The van der Waals surface area contributed by atoms with Crippen LogP contribution in [0.1, 0.15) is 84.5 Å². The predicted octanol–water partition coefficient (Wildman–Crippen LogP) is 5.36. The summed E-state index contributed by atoms with van der Waals surface area (Å²) in [6.07, 6.45) is 20.4. The zero-order chi connectivity index (χ0) is 14.6. The standard InChI is InChI=1S/C18H36N2/c1-4-6-7-8-9-10-11-12-13-15-20-17-16-19(3)18(20)14-5-2/h16-18H,4-15H2,1-3H3. The summed E-state index contributed by atoms with van der Waals surface area (Å²) in [6, 6.07) is 0. The number of hydrogen-bond donors (Lipinski definition) is 0. The molecule has 1 aliphatic heterocycles. The van der Waals surface area contributed by atoms with Gasteiger partial charge in [-0.25, -0.2) is 0 Å². The molecule has 0 aromatic rings. The Labute approximate surface area is 127 Å². The van der Waals surface area contributed by atoms with Crippen LogP contribution in [-0.4, -0.2) is 29.6 Å². The molecule has 0 saturated heterocycles. The molecule has 0 amide bonds. The van der Waals surface area contributed by atoms with E-state index in [0.29, 0.717) is 6.17 Å². The van der Waals surface area contributed by atoms with Crippen LogP contribution in [0, 0.1) is 0 Å². The molecule has 2 heteroatoms. The monoisotopic (exact) mass is 280 g/mol. The first-order chi connectivity index (χ1) is 9.79. The van der Waals surface area contributed by atoms with Crippen LogP contribution in [0.15, 0.2) is 12.4 Å². The van der Waals surface area contributed by atoms with E-state index >= 15 is 0 Å². The Kier molecular flexibility index (Phi) is 9.61. The van der Waals surface area contributed by atoms with E-state index in [1.54, 1.807) is 0 Å². The van der Waals surface area contributed by atoms with Gasteiger partial charge < -0.3 is 9.80 Å². The fourth-order valence-electron chi connectivity index (χ4n) is 3.08. The summed E-state index contributed by atoms with van der Waals surface area (Å²) in [4.78, 5) is 4.89. The second kappa shape index (κ2) is 11.0. The molecule has 0 aromatic heterocycles. The van der Waals surface area contributed by atoms with E-state index in [9.17, 15) is 0 Å². The maximum Gasteiger partial charge on any atom is 0.100 e. The molecule has 0 N–H and O–H groups in total. The average Bonchev–Trinajstić information content (AvgIpc) is 2.79. The van der Waals surface area contributed by atoms with Gasteiger partial charge in [0.15, 0.2) is 0 Å². The van der Waals surface area contributed by atoms with Gasteiger partial charge in [-0.3, -0.25) is 0 Å². The van der Waals surface area contributed by atoms with Gasteiger partial charge in [0.2, 0.25) is 0 Å². The molecule has 0 radical (unpaired) electrons. The first kappa shape index (κ1) is 17.4. The lowest BCUT2D eigenvalue weighted by molar-refractivity contribution is 0.162. The molecule has 1 unspecified atom stereocenters. The third kappa shape index (κ3) is 6.67. The van der Waals surface area contributed by atoms with Crippen molar-refractivity contribution >= 4 is 0 Å². The summed E-state index contributed by atoms with van der Waals surface area (Å²) in [5.74, 6) is 0. The normalized spacial score (nSPS) is 18.2. The third-order valence-corrected chi connectivity index (χ3v) is 4.41. The van der Waals surface area contributed by atoms with Crippen molar-refractivity contribution in [2.75, 3.05) is 13.6 Å². The van der Waals surface area contributed by atoms with Crippen LogP contribution in [0.25, 0.3) is 0 Å². The fraction of sp³-hybridized carbons (Fsp3) is 0.889. The summed E-state index contributed by atoms with van der Waals surface area (Å²) >= 11 is 0. The van der Waals surface area contributed by atoms with Crippen molar-refractivity contribution in [3.05, 3.63) is 12.4 Å². The smallest absolute Gasteiger partial charge is 0.100 e. The van der Waals surface area contributed by atoms with Gasteiger partial charge in [0, 0.05) is 26.0 Å². The van der Waals surface area contributed by atoms with Gasteiger partial charge in [-0.05, 0) is 12.8 Å². The SMILES string of the molecule is CCCCCCCCCCCN1C=CN(C)C1CCC. The molecule has 118 valence electrons. The second-order valence-corrected chi connectivity index (χ2v) is 6.30. The highest BCUT2D eigenvalue weighted by atomic mass is 15.4. The van der Waals surface area contributed by atoms with Gasteiger partial charge in [0.25, 0.3) is 0 Å². The highest BCUT2D eigenvalue weighted by molar-refractivity contribution is 4.95. The molecule has 1 heterocycles. The van der Waals surface area contributed by atoms with Crippen LogP contribution in [0.2, 0.25) is 0 Å². The van der Waals surface area contributed by atoms with Gasteiger partial charge in [-0.1, -0.05) is 71.6 Å². The number of nitrogens with zero attached hydrogens (tertiary/aromatic N) is 2. The van der Waals surface area contributed by atoms with E-state index in [1.807, 2.05) is 0 Å². The average molecular weight is 281 g/mol. The summed E-state index contributed by atoms with van der Waals surface area (Å²) in [6.45, 7) is 5.81. The lowest BCUT2D eigenvalue weighted by atomic mass is 10.1. The Morgan fingerprint density at radius 3 is 1.95 bits per heavy atom. The minimum atomic E-state index is 0.619. The maximum absolute atomic E-state index is 2.53. The molecule has 0 saturated carbocycles. The zero-order valence-electron chi connectivity index (χ0n) is 14.1. The van der Waals surface area contributed by atoms with Crippen molar-refractivity contribution in [2.24, 2.45) is 0 Å².